The highest BCUT2D eigenvalue weighted by molar-refractivity contribution is 7.20. The molecule has 4 aromatic rings. The van der Waals surface area contributed by atoms with Crippen LogP contribution in [0.3, 0.4) is 0 Å². The number of nitrogens with one attached hydrogen (secondary N) is 1. The number of rotatable bonds is 8. The number of aromatic amines is 1. The van der Waals surface area contributed by atoms with E-state index in [0.717, 1.165) is 22.5 Å². The molecule has 2 aromatic carbocycles. The highest BCUT2D eigenvalue weighted by atomic mass is 32.1. The molecule has 0 amide bonds. The number of H-pyrrole nitrogens is 1. The van der Waals surface area contributed by atoms with E-state index in [1.54, 1.807) is 18.3 Å². The summed E-state index contributed by atoms with van der Waals surface area (Å²) in [5.74, 6) is 0.638. The SMILES string of the molecule is CCC(C(c1ccc2nc(Oc3ccc(C(=O)O)cc3)sc2c1)c1ncc[nH]1)N(C)C. The van der Waals surface area contributed by atoms with E-state index in [1.165, 1.54) is 29.0 Å². The maximum atomic E-state index is 11.0. The highest BCUT2D eigenvalue weighted by Gasteiger charge is 2.28. The molecule has 8 heteroatoms. The quantitative estimate of drug-likeness (QED) is 0.405. The van der Waals surface area contributed by atoms with Crippen LogP contribution < -0.4 is 4.74 Å². The van der Waals surface area contributed by atoms with Gasteiger partial charge in [-0.2, -0.15) is 0 Å². The third-order valence-electron chi connectivity index (χ3n) is 5.34. The molecular formula is C23H24N4O3S. The molecule has 31 heavy (non-hydrogen) atoms. The number of ether oxygens (including phenoxy) is 1. The van der Waals surface area contributed by atoms with Crippen molar-refractivity contribution in [3.63, 3.8) is 0 Å². The Morgan fingerprint density at radius 3 is 2.61 bits per heavy atom. The number of carboxylic acids is 1. The lowest BCUT2D eigenvalue weighted by molar-refractivity contribution is 0.0697. The summed E-state index contributed by atoms with van der Waals surface area (Å²) in [6.07, 6.45) is 4.63. The van der Waals surface area contributed by atoms with Gasteiger partial charge >= 0.3 is 5.97 Å². The molecule has 0 spiro atoms. The zero-order valence-corrected chi connectivity index (χ0v) is 18.4. The van der Waals surface area contributed by atoms with E-state index < -0.39 is 5.97 Å². The van der Waals surface area contributed by atoms with Gasteiger partial charge in [-0.25, -0.2) is 14.8 Å². The van der Waals surface area contributed by atoms with Gasteiger partial charge in [0.15, 0.2) is 0 Å². The Morgan fingerprint density at radius 2 is 2.00 bits per heavy atom. The maximum absolute atomic E-state index is 11.0. The molecule has 0 fully saturated rings. The minimum atomic E-state index is -0.965. The molecule has 2 unspecified atom stereocenters. The summed E-state index contributed by atoms with van der Waals surface area (Å²) in [7, 11) is 4.19. The summed E-state index contributed by atoms with van der Waals surface area (Å²) in [6.45, 7) is 2.19. The van der Waals surface area contributed by atoms with Crippen molar-refractivity contribution in [1.82, 2.24) is 19.9 Å². The van der Waals surface area contributed by atoms with Crippen LogP contribution in [0.25, 0.3) is 10.2 Å². The third kappa shape index (κ3) is 4.45. The second kappa shape index (κ2) is 8.87. The first-order valence-corrected chi connectivity index (χ1v) is 10.8. The van der Waals surface area contributed by atoms with Gasteiger partial charge < -0.3 is 19.7 Å². The van der Waals surface area contributed by atoms with Gasteiger partial charge in [-0.3, -0.25) is 0 Å². The van der Waals surface area contributed by atoms with Crippen LogP contribution in [-0.4, -0.2) is 51.1 Å². The van der Waals surface area contributed by atoms with Crippen molar-refractivity contribution in [3.05, 3.63) is 71.8 Å². The lowest BCUT2D eigenvalue weighted by Crippen LogP contribution is -2.34. The first-order chi connectivity index (χ1) is 15.0. The van der Waals surface area contributed by atoms with Gasteiger partial charge in [0.25, 0.3) is 5.19 Å². The van der Waals surface area contributed by atoms with Crippen molar-refractivity contribution in [2.24, 2.45) is 0 Å². The number of carboxylic acid groups (broad SMARTS) is 1. The summed E-state index contributed by atoms with van der Waals surface area (Å²) < 4.78 is 6.89. The maximum Gasteiger partial charge on any atom is 0.335 e. The number of likely N-dealkylation sites (N-methyl/N-ethyl adjacent to an activating group) is 1. The summed E-state index contributed by atoms with van der Waals surface area (Å²) in [6, 6.07) is 12.9. The molecule has 7 nitrogen and oxygen atoms in total. The number of aromatic carboxylic acids is 1. The Kier molecular flexibility index (Phi) is 6.01. The predicted octanol–water partition coefficient (Wildman–Crippen LogP) is 4.98. The molecule has 0 aliphatic rings. The molecule has 0 bridgehead atoms. The molecule has 0 saturated carbocycles. The van der Waals surface area contributed by atoms with Crippen molar-refractivity contribution >= 4 is 27.5 Å². The van der Waals surface area contributed by atoms with Crippen molar-refractivity contribution in [2.75, 3.05) is 14.1 Å². The zero-order valence-electron chi connectivity index (χ0n) is 17.6. The smallest absolute Gasteiger partial charge is 0.335 e. The summed E-state index contributed by atoms with van der Waals surface area (Å²) in [5, 5.41) is 9.55. The fourth-order valence-corrected chi connectivity index (χ4v) is 4.72. The fourth-order valence-electron chi connectivity index (χ4n) is 3.83. The summed E-state index contributed by atoms with van der Waals surface area (Å²) in [4.78, 5) is 25.7. The van der Waals surface area contributed by atoms with Gasteiger partial charge in [0.1, 0.15) is 11.6 Å². The van der Waals surface area contributed by atoms with Gasteiger partial charge in [0.2, 0.25) is 0 Å². The van der Waals surface area contributed by atoms with Gasteiger partial charge in [0.05, 0.1) is 21.7 Å². The molecule has 2 aromatic heterocycles. The van der Waals surface area contributed by atoms with Crippen molar-refractivity contribution in [1.29, 1.82) is 0 Å². The molecule has 0 radical (unpaired) electrons. The van der Waals surface area contributed by atoms with Crippen LogP contribution in [0.15, 0.2) is 54.9 Å². The van der Waals surface area contributed by atoms with Crippen LogP contribution >= 0.6 is 11.3 Å². The molecule has 0 aliphatic heterocycles. The van der Waals surface area contributed by atoms with Crippen LogP contribution in [0.1, 0.15) is 41.0 Å². The molecule has 2 N–H and O–H groups in total. The van der Waals surface area contributed by atoms with Gasteiger partial charge in [0, 0.05) is 18.4 Å². The lowest BCUT2D eigenvalue weighted by Gasteiger charge is -2.30. The van der Waals surface area contributed by atoms with Gasteiger partial charge in [-0.1, -0.05) is 24.3 Å². The topological polar surface area (TPSA) is 91.3 Å². The summed E-state index contributed by atoms with van der Waals surface area (Å²) >= 11 is 1.47. The number of benzene rings is 2. The normalized spacial score (nSPS) is 13.4. The number of thiazole rings is 1. The van der Waals surface area contributed by atoms with Crippen molar-refractivity contribution < 1.29 is 14.6 Å². The molecule has 2 atom stereocenters. The van der Waals surface area contributed by atoms with E-state index in [1.807, 2.05) is 12.3 Å². The van der Waals surface area contributed by atoms with E-state index in [9.17, 15) is 4.79 Å². The number of carbonyl (C=O) groups is 1. The number of nitrogens with zero attached hydrogens (tertiary/aromatic N) is 3. The second-order valence-corrected chi connectivity index (χ2v) is 8.52. The first-order valence-electron chi connectivity index (χ1n) is 10.0. The van der Waals surface area contributed by atoms with Crippen LogP contribution in [0, 0.1) is 0 Å². The highest BCUT2D eigenvalue weighted by Crippen LogP contribution is 2.36. The minimum Gasteiger partial charge on any atom is -0.478 e. The number of fused-ring (bicyclic) bond motifs is 1. The Bertz CT molecular complexity index is 1170. The van der Waals surface area contributed by atoms with Gasteiger partial charge in [-0.05, 0) is 62.5 Å². The Labute approximate surface area is 184 Å². The van der Waals surface area contributed by atoms with E-state index in [4.69, 9.17) is 9.84 Å². The molecule has 2 heterocycles. The predicted molar refractivity (Wildman–Crippen MR) is 121 cm³/mol. The molecular weight excluding hydrogens is 412 g/mol. The zero-order chi connectivity index (χ0) is 22.0. The number of aromatic nitrogens is 3. The van der Waals surface area contributed by atoms with Crippen LogP contribution in [0.2, 0.25) is 0 Å². The molecule has 160 valence electrons. The average Bonchev–Trinajstić information content (AvgIpc) is 3.41. The Balaban J connectivity index is 1.65. The molecule has 0 aliphatic carbocycles. The molecule has 0 saturated heterocycles. The Morgan fingerprint density at radius 1 is 1.23 bits per heavy atom. The minimum absolute atomic E-state index is 0.106. The molecule has 4 rings (SSSR count). The van der Waals surface area contributed by atoms with Crippen molar-refractivity contribution in [2.45, 2.75) is 25.3 Å². The summed E-state index contributed by atoms with van der Waals surface area (Å²) in [5.41, 5.74) is 2.25. The fraction of sp³-hybridized carbons (Fsp3) is 0.261. The van der Waals surface area contributed by atoms with Crippen LogP contribution in [-0.2, 0) is 0 Å². The second-order valence-electron chi connectivity index (χ2n) is 7.53. The Hall–Kier alpha value is -3.23. The van der Waals surface area contributed by atoms with E-state index in [0.29, 0.717) is 17.0 Å². The van der Waals surface area contributed by atoms with Gasteiger partial charge in [-0.15, -0.1) is 0 Å². The first kappa shape index (κ1) is 21.0. The standard InChI is InChI=1S/C23H24N4O3S/c1-4-18(27(2)3)20(21-24-11-12-25-21)15-7-10-17-19(13-15)31-23(26-17)30-16-8-5-14(6-9-16)22(28)29/h5-13,18,20H,4H2,1-3H3,(H,24,25)(H,28,29). The van der Waals surface area contributed by atoms with E-state index in [-0.39, 0.29) is 11.5 Å². The number of imidazole rings is 1. The monoisotopic (exact) mass is 436 g/mol. The lowest BCUT2D eigenvalue weighted by atomic mass is 9.88. The van der Waals surface area contributed by atoms with Crippen LogP contribution in [0.5, 0.6) is 10.9 Å². The average molecular weight is 437 g/mol. The third-order valence-corrected chi connectivity index (χ3v) is 6.23. The number of hydrogen-bond acceptors (Lipinski definition) is 6. The van der Waals surface area contributed by atoms with Crippen molar-refractivity contribution in [3.8, 4) is 10.9 Å². The van der Waals surface area contributed by atoms with E-state index in [2.05, 4.69) is 53.0 Å². The van der Waals surface area contributed by atoms with E-state index >= 15 is 0 Å². The largest absolute Gasteiger partial charge is 0.478 e. The van der Waals surface area contributed by atoms with Crippen LogP contribution in [0.4, 0.5) is 0 Å². The number of hydrogen-bond donors (Lipinski definition) is 2.